The van der Waals surface area contributed by atoms with Gasteiger partial charge in [-0.1, -0.05) is 23.7 Å². The summed E-state index contributed by atoms with van der Waals surface area (Å²) in [4.78, 5) is 24.6. The molecule has 0 aliphatic heterocycles. The smallest absolute Gasteiger partial charge is 0.262 e. The maximum absolute atomic E-state index is 12.4. The van der Waals surface area contributed by atoms with Crippen molar-refractivity contribution in [2.24, 2.45) is 0 Å². The Kier molecular flexibility index (Phi) is 6.75. The van der Waals surface area contributed by atoms with Crippen molar-refractivity contribution in [3.05, 3.63) is 87.9 Å². The Hall–Kier alpha value is -3.31. The Balaban J connectivity index is 1.55. The number of benzene rings is 3. The average Bonchev–Trinajstić information content (AvgIpc) is 2.71. The summed E-state index contributed by atoms with van der Waals surface area (Å²) in [5.74, 6) is 0.0220. The first kappa shape index (κ1) is 21.4. The van der Waals surface area contributed by atoms with Gasteiger partial charge in [0.1, 0.15) is 5.75 Å². The van der Waals surface area contributed by atoms with Gasteiger partial charge in [0.25, 0.3) is 11.8 Å². The van der Waals surface area contributed by atoms with Crippen molar-refractivity contribution in [1.29, 1.82) is 0 Å². The molecule has 2 N–H and O–H groups in total. The molecule has 0 spiro atoms. The number of ether oxygens (including phenoxy) is 1. The van der Waals surface area contributed by atoms with Crippen molar-refractivity contribution in [3.8, 4) is 5.75 Å². The number of halogens is 1. The number of amides is 2. The molecule has 3 rings (SSSR count). The number of anilines is 2. The van der Waals surface area contributed by atoms with E-state index >= 15 is 0 Å². The van der Waals surface area contributed by atoms with Crippen LogP contribution in [0.3, 0.4) is 0 Å². The zero-order valence-electron chi connectivity index (χ0n) is 17.1. The molecule has 6 heteroatoms. The van der Waals surface area contributed by atoms with Gasteiger partial charge in [0.2, 0.25) is 0 Å². The molecule has 0 aliphatic carbocycles. The molecule has 0 unspecified atom stereocenters. The fourth-order valence-electron chi connectivity index (χ4n) is 2.87. The first-order valence-corrected chi connectivity index (χ1v) is 9.87. The number of carbonyl (C=O) groups is 2. The predicted molar refractivity (Wildman–Crippen MR) is 121 cm³/mol. The summed E-state index contributed by atoms with van der Waals surface area (Å²) in [5, 5.41) is 6.33. The molecule has 0 fully saturated rings. The van der Waals surface area contributed by atoms with Crippen LogP contribution in [0.1, 0.15) is 27.0 Å². The lowest BCUT2D eigenvalue weighted by atomic mass is 10.1. The minimum Gasteiger partial charge on any atom is -0.484 e. The van der Waals surface area contributed by atoms with E-state index in [0.717, 1.165) is 22.4 Å². The fourth-order valence-corrected chi connectivity index (χ4v) is 3.10. The second-order valence-corrected chi connectivity index (χ2v) is 7.53. The molecule has 2 amide bonds. The van der Waals surface area contributed by atoms with Crippen LogP contribution in [0.25, 0.3) is 0 Å². The Labute approximate surface area is 181 Å². The van der Waals surface area contributed by atoms with E-state index in [1.807, 2.05) is 39.0 Å². The molecule has 0 aromatic heterocycles. The van der Waals surface area contributed by atoms with Gasteiger partial charge in [-0.05, 0) is 86.0 Å². The highest BCUT2D eigenvalue weighted by atomic mass is 35.5. The van der Waals surface area contributed by atoms with Gasteiger partial charge in [-0.2, -0.15) is 0 Å². The van der Waals surface area contributed by atoms with Crippen molar-refractivity contribution in [2.75, 3.05) is 17.2 Å². The largest absolute Gasteiger partial charge is 0.484 e. The molecule has 0 bridgehead atoms. The number of aryl methyl sites for hydroxylation is 3. The van der Waals surface area contributed by atoms with E-state index in [-0.39, 0.29) is 18.4 Å². The number of hydrogen-bond donors (Lipinski definition) is 2. The molecule has 3 aromatic carbocycles. The van der Waals surface area contributed by atoms with Crippen LogP contribution in [0, 0.1) is 20.8 Å². The van der Waals surface area contributed by atoms with E-state index in [1.165, 1.54) is 0 Å². The van der Waals surface area contributed by atoms with E-state index in [9.17, 15) is 9.59 Å². The summed E-state index contributed by atoms with van der Waals surface area (Å²) < 4.78 is 5.54. The minimum absolute atomic E-state index is 0.122. The van der Waals surface area contributed by atoms with Gasteiger partial charge >= 0.3 is 0 Å². The van der Waals surface area contributed by atoms with E-state index in [0.29, 0.717) is 22.0 Å². The van der Waals surface area contributed by atoms with Gasteiger partial charge in [0, 0.05) is 22.0 Å². The Morgan fingerprint density at radius 2 is 1.57 bits per heavy atom. The maximum atomic E-state index is 12.4. The summed E-state index contributed by atoms with van der Waals surface area (Å²) in [5.41, 5.74) is 4.89. The summed E-state index contributed by atoms with van der Waals surface area (Å²) in [6.07, 6.45) is 0. The Bertz CT molecular complexity index is 1080. The van der Waals surface area contributed by atoms with E-state index in [1.54, 1.807) is 42.5 Å². The van der Waals surface area contributed by atoms with E-state index in [4.69, 9.17) is 16.3 Å². The summed E-state index contributed by atoms with van der Waals surface area (Å²) in [6.45, 7) is 5.66. The van der Waals surface area contributed by atoms with Crippen molar-refractivity contribution < 1.29 is 14.3 Å². The van der Waals surface area contributed by atoms with Crippen LogP contribution in [-0.4, -0.2) is 18.4 Å². The lowest BCUT2D eigenvalue weighted by Crippen LogP contribution is -2.20. The molecular formula is C24H23ClN2O3. The second kappa shape index (κ2) is 9.46. The quantitative estimate of drug-likeness (QED) is 0.548. The lowest BCUT2D eigenvalue weighted by molar-refractivity contribution is -0.118. The third kappa shape index (κ3) is 5.61. The predicted octanol–water partition coefficient (Wildman–Crippen LogP) is 5.54. The van der Waals surface area contributed by atoms with Gasteiger partial charge in [-0.25, -0.2) is 0 Å². The van der Waals surface area contributed by atoms with Crippen molar-refractivity contribution in [1.82, 2.24) is 0 Å². The summed E-state index contributed by atoms with van der Waals surface area (Å²) in [7, 11) is 0. The monoisotopic (exact) mass is 422 g/mol. The lowest BCUT2D eigenvalue weighted by Gasteiger charge is -2.11. The highest BCUT2D eigenvalue weighted by Crippen LogP contribution is 2.21. The Morgan fingerprint density at radius 1 is 0.833 bits per heavy atom. The van der Waals surface area contributed by atoms with Gasteiger partial charge in [0.05, 0.1) is 0 Å². The van der Waals surface area contributed by atoms with Crippen molar-refractivity contribution >= 4 is 34.8 Å². The van der Waals surface area contributed by atoms with Crippen LogP contribution in [-0.2, 0) is 4.79 Å². The van der Waals surface area contributed by atoms with Crippen LogP contribution in [0.5, 0.6) is 5.75 Å². The highest BCUT2D eigenvalue weighted by Gasteiger charge is 2.10. The average molecular weight is 423 g/mol. The normalized spacial score (nSPS) is 10.4. The van der Waals surface area contributed by atoms with Crippen LogP contribution >= 0.6 is 11.6 Å². The van der Waals surface area contributed by atoms with Crippen LogP contribution in [0.4, 0.5) is 11.4 Å². The first-order valence-electron chi connectivity index (χ1n) is 9.49. The first-order chi connectivity index (χ1) is 14.3. The third-order valence-corrected chi connectivity index (χ3v) is 4.83. The molecular weight excluding hydrogens is 400 g/mol. The molecule has 0 saturated heterocycles. The second-order valence-electron chi connectivity index (χ2n) is 7.09. The zero-order valence-corrected chi connectivity index (χ0v) is 17.8. The van der Waals surface area contributed by atoms with Crippen molar-refractivity contribution in [3.63, 3.8) is 0 Å². The SMILES string of the molecule is Cc1ccc(C)c(NC(=O)COc2ccc(C(=O)Nc3ccc(Cl)cc3C)cc2)c1. The van der Waals surface area contributed by atoms with Crippen LogP contribution < -0.4 is 15.4 Å². The van der Waals surface area contributed by atoms with Gasteiger partial charge in [-0.3, -0.25) is 9.59 Å². The van der Waals surface area contributed by atoms with Crippen LogP contribution in [0.2, 0.25) is 5.02 Å². The molecule has 0 heterocycles. The van der Waals surface area contributed by atoms with Gasteiger partial charge < -0.3 is 15.4 Å². The molecule has 30 heavy (non-hydrogen) atoms. The molecule has 5 nitrogen and oxygen atoms in total. The molecule has 0 radical (unpaired) electrons. The highest BCUT2D eigenvalue weighted by molar-refractivity contribution is 6.30. The number of nitrogens with one attached hydrogen (secondary N) is 2. The maximum Gasteiger partial charge on any atom is 0.262 e. The number of rotatable bonds is 6. The standard InChI is InChI=1S/C24H23ClN2O3/c1-15-4-5-16(2)22(12-15)26-23(28)14-30-20-9-6-18(7-10-20)24(29)27-21-11-8-19(25)13-17(21)3/h4-13H,14H2,1-3H3,(H,26,28)(H,27,29). The number of hydrogen-bond acceptors (Lipinski definition) is 3. The molecule has 0 saturated carbocycles. The Morgan fingerprint density at radius 3 is 2.27 bits per heavy atom. The molecule has 3 aromatic rings. The van der Waals surface area contributed by atoms with Gasteiger partial charge in [0.15, 0.2) is 6.61 Å². The minimum atomic E-state index is -0.247. The summed E-state index contributed by atoms with van der Waals surface area (Å²) in [6, 6.07) is 17.8. The number of carbonyl (C=O) groups excluding carboxylic acids is 2. The molecule has 0 aliphatic rings. The van der Waals surface area contributed by atoms with Gasteiger partial charge in [-0.15, -0.1) is 0 Å². The van der Waals surface area contributed by atoms with Crippen molar-refractivity contribution in [2.45, 2.75) is 20.8 Å². The fraction of sp³-hybridized carbons (Fsp3) is 0.167. The molecule has 154 valence electrons. The van der Waals surface area contributed by atoms with E-state index < -0.39 is 0 Å². The topological polar surface area (TPSA) is 67.4 Å². The third-order valence-electron chi connectivity index (χ3n) is 4.59. The van der Waals surface area contributed by atoms with Crippen LogP contribution in [0.15, 0.2) is 60.7 Å². The molecule has 0 atom stereocenters. The van der Waals surface area contributed by atoms with E-state index in [2.05, 4.69) is 10.6 Å². The zero-order chi connectivity index (χ0) is 21.7. The summed E-state index contributed by atoms with van der Waals surface area (Å²) >= 11 is 5.94.